The third-order valence-electron chi connectivity index (χ3n) is 7.31. The zero-order valence-corrected chi connectivity index (χ0v) is 23.9. The first kappa shape index (κ1) is 27.4. The summed E-state index contributed by atoms with van der Waals surface area (Å²) in [5.74, 6) is -0.0993. The van der Waals surface area contributed by atoms with E-state index in [-0.39, 0.29) is 12.5 Å². The maximum atomic E-state index is 13.4. The Balaban J connectivity index is 1.30. The molecule has 0 spiro atoms. The molecule has 1 saturated heterocycles. The molecule has 0 aliphatic carbocycles. The van der Waals surface area contributed by atoms with Crippen molar-refractivity contribution in [1.29, 1.82) is 0 Å². The summed E-state index contributed by atoms with van der Waals surface area (Å²) in [5, 5.41) is 14.7. The van der Waals surface area contributed by atoms with Crippen LogP contribution in [0.3, 0.4) is 0 Å². The number of H-pyrrole nitrogens is 1. The van der Waals surface area contributed by atoms with E-state index in [1.54, 1.807) is 12.4 Å². The highest BCUT2D eigenvalue weighted by atomic mass is 35.5. The van der Waals surface area contributed by atoms with E-state index in [9.17, 15) is 9.90 Å². The number of aryl methyl sites for hydroxylation is 1. The predicted octanol–water partition coefficient (Wildman–Crippen LogP) is 3.88. The molecule has 5 heterocycles. The Kier molecular flexibility index (Phi) is 7.76. The summed E-state index contributed by atoms with van der Waals surface area (Å²) in [6.45, 7) is 2.56. The van der Waals surface area contributed by atoms with E-state index in [0.29, 0.717) is 46.5 Å². The number of nitrogens with two attached hydrogens (primary N) is 1. The number of nitrogens with zero attached hydrogens (tertiary/aromatic N) is 5. The molecule has 0 saturated carbocycles. The van der Waals surface area contributed by atoms with Crippen LogP contribution in [0.25, 0.3) is 22.1 Å². The minimum absolute atomic E-state index is 0.216. The average Bonchev–Trinajstić information content (AvgIpc) is 3.55. The number of hydrogen-bond donors (Lipinski definition) is 4. The van der Waals surface area contributed by atoms with Crippen LogP contribution in [0.5, 0.6) is 0 Å². The molecule has 1 amide bonds. The molecule has 1 aliphatic heterocycles. The van der Waals surface area contributed by atoms with Gasteiger partial charge in [0.15, 0.2) is 5.16 Å². The second-order valence-corrected chi connectivity index (χ2v) is 11.4. The number of halogens is 1. The SMILES string of the molecule is CCc1[nH]c2nc(Sc3cnc4cccnc4c3)nc(N3C[C@@H](N)[C@@H](C(=O)N[C@@H](CO)c4ccccc4)C3)c2c1Cl. The van der Waals surface area contributed by atoms with Crippen LogP contribution in [0.2, 0.25) is 5.02 Å². The Labute approximate surface area is 245 Å². The maximum absolute atomic E-state index is 13.4. The van der Waals surface area contributed by atoms with Gasteiger partial charge in [-0.1, -0.05) is 48.9 Å². The third-order valence-corrected chi connectivity index (χ3v) is 8.56. The van der Waals surface area contributed by atoms with Crippen LogP contribution in [0.15, 0.2) is 71.0 Å². The molecule has 5 aromatic rings. The number of aliphatic hydroxyl groups is 1. The molecule has 12 heteroatoms. The number of aromatic amines is 1. The fraction of sp³-hybridized carbons (Fsp3) is 0.276. The van der Waals surface area contributed by atoms with Gasteiger partial charge in [0.2, 0.25) is 5.91 Å². The molecule has 3 atom stereocenters. The predicted molar refractivity (Wildman–Crippen MR) is 160 cm³/mol. The number of pyridine rings is 2. The number of aromatic nitrogens is 5. The monoisotopic (exact) mass is 588 g/mol. The zero-order valence-electron chi connectivity index (χ0n) is 22.3. The molecule has 10 nitrogen and oxygen atoms in total. The smallest absolute Gasteiger partial charge is 0.227 e. The minimum Gasteiger partial charge on any atom is -0.394 e. The zero-order chi connectivity index (χ0) is 28.5. The van der Waals surface area contributed by atoms with Crippen LogP contribution in [0, 0.1) is 5.92 Å². The Morgan fingerprint density at radius 1 is 1.20 bits per heavy atom. The summed E-state index contributed by atoms with van der Waals surface area (Å²) in [4.78, 5) is 38.1. The molecule has 41 heavy (non-hydrogen) atoms. The number of fused-ring (bicyclic) bond motifs is 2. The molecule has 1 fully saturated rings. The molecule has 1 aliphatic rings. The van der Waals surface area contributed by atoms with Crippen LogP contribution in [-0.2, 0) is 11.2 Å². The fourth-order valence-electron chi connectivity index (χ4n) is 5.16. The van der Waals surface area contributed by atoms with Gasteiger partial charge in [-0.05, 0) is 41.9 Å². The highest BCUT2D eigenvalue weighted by Crippen LogP contribution is 2.38. The Morgan fingerprint density at radius 2 is 2.02 bits per heavy atom. The van der Waals surface area contributed by atoms with Crippen molar-refractivity contribution in [2.45, 2.75) is 35.5 Å². The highest BCUT2D eigenvalue weighted by Gasteiger charge is 2.38. The average molecular weight is 589 g/mol. The molecule has 5 N–H and O–H groups in total. The lowest BCUT2D eigenvalue weighted by Crippen LogP contribution is -2.43. The third kappa shape index (κ3) is 5.45. The van der Waals surface area contributed by atoms with E-state index in [0.717, 1.165) is 27.2 Å². The van der Waals surface area contributed by atoms with Crippen LogP contribution in [0.4, 0.5) is 5.82 Å². The molecular weight excluding hydrogens is 560 g/mol. The summed E-state index contributed by atoms with van der Waals surface area (Å²) < 4.78 is 0. The summed E-state index contributed by atoms with van der Waals surface area (Å²) in [6.07, 6.45) is 4.21. The molecule has 0 radical (unpaired) electrons. The van der Waals surface area contributed by atoms with Crippen molar-refractivity contribution >= 4 is 57.2 Å². The van der Waals surface area contributed by atoms with Crippen molar-refractivity contribution in [1.82, 2.24) is 30.2 Å². The number of aliphatic hydroxyl groups excluding tert-OH is 1. The van der Waals surface area contributed by atoms with Gasteiger partial charge in [0.25, 0.3) is 0 Å². The number of carbonyl (C=O) groups excluding carboxylic acids is 1. The van der Waals surface area contributed by atoms with Crippen molar-refractivity contribution in [2.24, 2.45) is 11.7 Å². The molecule has 1 aromatic carbocycles. The van der Waals surface area contributed by atoms with Gasteiger partial charge in [0.1, 0.15) is 11.5 Å². The fourth-order valence-corrected chi connectivity index (χ4v) is 6.27. The lowest BCUT2D eigenvalue weighted by molar-refractivity contribution is -0.125. The van der Waals surface area contributed by atoms with E-state index in [2.05, 4.69) is 20.3 Å². The van der Waals surface area contributed by atoms with Gasteiger partial charge in [0.05, 0.1) is 40.0 Å². The molecular formula is C29H29ClN8O2S. The lowest BCUT2D eigenvalue weighted by atomic mass is 10.0. The van der Waals surface area contributed by atoms with E-state index in [1.165, 1.54) is 11.8 Å². The molecule has 4 aromatic heterocycles. The Morgan fingerprint density at radius 3 is 2.80 bits per heavy atom. The van der Waals surface area contributed by atoms with E-state index >= 15 is 0 Å². The second-order valence-electron chi connectivity index (χ2n) is 9.97. The standard InChI is InChI=1S/C29H29ClN8O2S/c1-2-20-25(30)24-26(34-20)36-29(41-17-11-22-21(33-12-17)9-6-10-32-22)37-27(24)38-13-18(19(31)14-38)28(40)35-23(15-39)16-7-4-3-5-8-16/h3-12,18-19,23,39H,2,13-15,31H2,1H3,(H,35,40)(H,34,36,37)/t18-,19+,23-/m0/s1. The largest absolute Gasteiger partial charge is 0.394 e. The van der Waals surface area contributed by atoms with E-state index < -0.39 is 18.0 Å². The quantitative estimate of drug-likeness (QED) is 0.198. The van der Waals surface area contributed by atoms with Crippen LogP contribution >= 0.6 is 23.4 Å². The molecule has 210 valence electrons. The van der Waals surface area contributed by atoms with Gasteiger partial charge in [-0.3, -0.25) is 14.8 Å². The Bertz CT molecular complexity index is 1720. The summed E-state index contributed by atoms with van der Waals surface area (Å²) in [5.41, 5.74) is 10.4. The van der Waals surface area contributed by atoms with Crippen LogP contribution < -0.4 is 16.0 Å². The van der Waals surface area contributed by atoms with Crippen molar-refractivity contribution < 1.29 is 9.90 Å². The number of amides is 1. The van der Waals surface area contributed by atoms with Gasteiger partial charge in [-0.25, -0.2) is 9.97 Å². The van der Waals surface area contributed by atoms with Gasteiger partial charge in [-0.2, -0.15) is 0 Å². The highest BCUT2D eigenvalue weighted by molar-refractivity contribution is 7.99. The summed E-state index contributed by atoms with van der Waals surface area (Å²) >= 11 is 8.19. The maximum Gasteiger partial charge on any atom is 0.227 e. The van der Waals surface area contributed by atoms with Gasteiger partial charge < -0.3 is 26.0 Å². The molecule has 0 unspecified atom stereocenters. The molecule has 6 rings (SSSR count). The van der Waals surface area contributed by atoms with Crippen molar-refractivity contribution in [2.75, 3.05) is 24.6 Å². The van der Waals surface area contributed by atoms with Crippen molar-refractivity contribution in [3.63, 3.8) is 0 Å². The van der Waals surface area contributed by atoms with Gasteiger partial charge in [0, 0.05) is 42.1 Å². The normalized spacial score (nSPS) is 17.8. The number of rotatable bonds is 8. The first-order chi connectivity index (χ1) is 19.9. The van der Waals surface area contributed by atoms with Crippen molar-refractivity contribution in [3.05, 3.63) is 77.2 Å². The number of benzene rings is 1. The number of nitrogens with one attached hydrogen (secondary N) is 2. The van der Waals surface area contributed by atoms with Crippen molar-refractivity contribution in [3.8, 4) is 0 Å². The topological polar surface area (TPSA) is 146 Å². The summed E-state index contributed by atoms with van der Waals surface area (Å²) in [7, 11) is 0. The Hall–Kier alpha value is -3.77. The lowest BCUT2D eigenvalue weighted by Gasteiger charge is -2.21. The number of hydrogen-bond acceptors (Lipinski definition) is 9. The van der Waals surface area contributed by atoms with Gasteiger partial charge in [-0.15, -0.1) is 0 Å². The van der Waals surface area contributed by atoms with Crippen LogP contribution in [-0.4, -0.2) is 61.7 Å². The van der Waals surface area contributed by atoms with Crippen LogP contribution in [0.1, 0.15) is 24.2 Å². The molecule has 0 bridgehead atoms. The first-order valence-corrected chi connectivity index (χ1v) is 14.6. The second kappa shape index (κ2) is 11.6. The first-order valence-electron chi connectivity index (χ1n) is 13.4. The summed E-state index contributed by atoms with van der Waals surface area (Å²) in [6, 6.07) is 14.2. The number of anilines is 1. The minimum atomic E-state index is -0.519. The van der Waals surface area contributed by atoms with E-state index in [4.69, 9.17) is 27.3 Å². The number of carbonyl (C=O) groups is 1. The van der Waals surface area contributed by atoms with E-state index in [1.807, 2.05) is 60.4 Å². The van der Waals surface area contributed by atoms with Gasteiger partial charge >= 0.3 is 0 Å².